The van der Waals surface area contributed by atoms with Crippen LogP contribution >= 0.6 is 0 Å². The van der Waals surface area contributed by atoms with E-state index in [1.807, 2.05) is 25.5 Å². The fraction of sp³-hybridized carbons (Fsp3) is 0.727. The highest BCUT2D eigenvalue weighted by Gasteiger charge is 2.21. The molecule has 0 atom stereocenters. The summed E-state index contributed by atoms with van der Waals surface area (Å²) in [5, 5.41) is 3.17. The van der Waals surface area contributed by atoms with Gasteiger partial charge in [-0.25, -0.2) is 13.8 Å². The van der Waals surface area contributed by atoms with Gasteiger partial charge in [0.15, 0.2) is 0 Å². The van der Waals surface area contributed by atoms with Crippen LogP contribution in [0.4, 0.5) is 8.78 Å². The maximum absolute atomic E-state index is 11.9. The van der Waals surface area contributed by atoms with Crippen molar-refractivity contribution in [1.82, 2.24) is 14.9 Å². The van der Waals surface area contributed by atoms with Gasteiger partial charge in [0.1, 0.15) is 6.61 Å². The summed E-state index contributed by atoms with van der Waals surface area (Å²) in [6.45, 7) is 4.32. The van der Waals surface area contributed by atoms with Gasteiger partial charge in [-0.2, -0.15) is 0 Å². The Morgan fingerprint density at radius 3 is 2.82 bits per heavy atom. The van der Waals surface area contributed by atoms with E-state index in [2.05, 4.69) is 10.3 Å². The predicted octanol–water partition coefficient (Wildman–Crippen LogP) is 1.62. The van der Waals surface area contributed by atoms with E-state index in [9.17, 15) is 8.78 Å². The normalized spacial score (nSPS) is 12.4. The lowest BCUT2D eigenvalue weighted by molar-refractivity contribution is 0.0144. The highest BCUT2D eigenvalue weighted by molar-refractivity contribution is 5.10. The molecule has 17 heavy (non-hydrogen) atoms. The number of imidazole rings is 1. The Balaban J connectivity index is 2.52. The van der Waals surface area contributed by atoms with Crippen molar-refractivity contribution in [3.63, 3.8) is 0 Å². The van der Waals surface area contributed by atoms with Crippen LogP contribution in [0.15, 0.2) is 12.5 Å². The van der Waals surface area contributed by atoms with Gasteiger partial charge < -0.3 is 14.6 Å². The zero-order valence-corrected chi connectivity index (χ0v) is 10.4. The molecule has 1 aromatic rings. The molecule has 4 nitrogen and oxygen atoms in total. The van der Waals surface area contributed by atoms with Gasteiger partial charge in [-0.05, 0) is 20.9 Å². The maximum atomic E-state index is 11.9. The molecule has 0 radical (unpaired) electrons. The number of ether oxygens (including phenoxy) is 1. The Bertz CT molecular complexity index is 339. The first-order valence-electron chi connectivity index (χ1n) is 5.53. The molecule has 0 bridgehead atoms. The second-order valence-corrected chi connectivity index (χ2v) is 4.31. The first kappa shape index (κ1) is 14.1. The van der Waals surface area contributed by atoms with Crippen molar-refractivity contribution in [3.8, 4) is 0 Å². The average molecular weight is 247 g/mol. The van der Waals surface area contributed by atoms with E-state index >= 15 is 0 Å². The summed E-state index contributed by atoms with van der Waals surface area (Å²) >= 11 is 0. The van der Waals surface area contributed by atoms with E-state index < -0.39 is 13.0 Å². The number of alkyl halides is 2. The van der Waals surface area contributed by atoms with E-state index in [1.54, 1.807) is 12.5 Å². The lowest BCUT2D eigenvalue weighted by Crippen LogP contribution is -2.35. The third-order valence-electron chi connectivity index (χ3n) is 2.70. The minimum atomic E-state index is -2.41. The fourth-order valence-corrected chi connectivity index (χ4v) is 1.48. The van der Waals surface area contributed by atoms with Gasteiger partial charge in [0, 0.05) is 12.7 Å². The van der Waals surface area contributed by atoms with E-state index in [4.69, 9.17) is 4.74 Å². The van der Waals surface area contributed by atoms with Crippen molar-refractivity contribution in [2.45, 2.75) is 32.4 Å². The largest absolute Gasteiger partial charge is 0.374 e. The Morgan fingerprint density at radius 1 is 1.53 bits per heavy atom. The van der Waals surface area contributed by atoms with Crippen LogP contribution in [0.2, 0.25) is 0 Å². The maximum Gasteiger partial charge on any atom is 0.261 e. The lowest BCUT2D eigenvalue weighted by atomic mass is 10.0. The van der Waals surface area contributed by atoms with E-state index in [1.165, 1.54) is 0 Å². The van der Waals surface area contributed by atoms with E-state index in [0.29, 0.717) is 6.54 Å². The Morgan fingerprint density at radius 2 is 2.24 bits per heavy atom. The fourth-order valence-electron chi connectivity index (χ4n) is 1.48. The van der Waals surface area contributed by atoms with E-state index in [-0.39, 0.29) is 12.1 Å². The highest BCUT2D eigenvalue weighted by atomic mass is 19.3. The van der Waals surface area contributed by atoms with Gasteiger partial charge in [-0.15, -0.1) is 0 Å². The quantitative estimate of drug-likeness (QED) is 0.744. The summed E-state index contributed by atoms with van der Waals surface area (Å²) in [6.07, 6.45) is 1.04. The van der Waals surface area contributed by atoms with Crippen molar-refractivity contribution >= 4 is 0 Å². The monoisotopic (exact) mass is 247 g/mol. The lowest BCUT2D eigenvalue weighted by Gasteiger charge is -2.25. The van der Waals surface area contributed by atoms with Gasteiger partial charge in [-0.3, -0.25) is 0 Å². The zero-order chi connectivity index (χ0) is 12.9. The predicted molar refractivity (Wildman–Crippen MR) is 61.1 cm³/mol. The molecule has 1 rings (SSSR count). The molecule has 0 aliphatic rings. The molecule has 0 aliphatic heterocycles. The number of hydrogen-bond donors (Lipinski definition) is 1. The molecule has 6 heteroatoms. The van der Waals surface area contributed by atoms with E-state index in [0.717, 1.165) is 5.69 Å². The minimum Gasteiger partial charge on any atom is -0.374 e. The van der Waals surface area contributed by atoms with Crippen LogP contribution in [0.3, 0.4) is 0 Å². The van der Waals surface area contributed by atoms with Crippen molar-refractivity contribution in [2.75, 3.05) is 20.3 Å². The summed E-state index contributed by atoms with van der Waals surface area (Å²) in [5.74, 6) is 0. The molecule has 0 saturated carbocycles. The summed E-state index contributed by atoms with van der Waals surface area (Å²) in [6, 6.07) is 0. The van der Waals surface area contributed by atoms with Crippen molar-refractivity contribution in [1.29, 1.82) is 0 Å². The molecule has 1 aromatic heterocycles. The van der Waals surface area contributed by atoms with Gasteiger partial charge in [0.2, 0.25) is 0 Å². The molecular formula is C11H19F2N3O. The number of halogens is 2. The smallest absolute Gasteiger partial charge is 0.261 e. The molecule has 0 unspecified atom stereocenters. The van der Waals surface area contributed by atoms with Gasteiger partial charge in [0.05, 0.1) is 24.2 Å². The third kappa shape index (κ3) is 4.05. The second kappa shape index (κ2) is 6.07. The third-order valence-corrected chi connectivity index (χ3v) is 2.70. The highest BCUT2D eigenvalue weighted by Crippen LogP contribution is 2.18. The first-order chi connectivity index (χ1) is 7.97. The van der Waals surface area contributed by atoms with Gasteiger partial charge >= 0.3 is 0 Å². The number of aromatic nitrogens is 2. The number of nitrogens with one attached hydrogen (secondary N) is 1. The zero-order valence-electron chi connectivity index (χ0n) is 10.4. The molecule has 0 aliphatic carbocycles. The Hall–Kier alpha value is -1.01. The number of rotatable bonds is 7. The van der Waals surface area contributed by atoms with Crippen LogP contribution in [0.25, 0.3) is 0 Å². The van der Waals surface area contributed by atoms with Gasteiger partial charge in [0.25, 0.3) is 6.43 Å². The molecule has 0 aromatic carbocycles. The molecule has 0 fully saturated rings. The minimum absolute atomic E-state index is 0.209. The van der Waals surface area contributed by atoms with Crippen molar-refractivity contribution < 1.29 is 13.5 Å². The van der Waals surface area contributed by atoms with Crippen molar-refractivity contribution in [2.24, 2.45) is 0 Å². The summed E-state index contributed by atoms with van der Waals surface area (Å²) in [5.41, 5.74) is 0.791. The standard InChI is InChI=1S/C11H19F2N3O/c1-11(2,14-3)9-6-15-8-16(9)4-5-17-7-10(12)13/h6,8,10,14H,4-5,7H2,1-3H3. The number of nitrogens with zero attached hydrogens (tertiary/aromatic N) is 2. The van der Waals surface area contributed by atoms with Crippen LogP contribution in [0, 0.1) is 0 Å². The van der Waals surface area contributed by atoms with Crippen LogP contribution in [-0.2, 0) is 16.8 Å². The van der Waals surface area contributed by atoms with Crippen molar-refractivity contribution in [3.05, 3.63) is 18.2 Å². The molecule has 1 N–H and O–H groups in total. The Labute approximate surface area is 100.0 Å². The SMILES string of the molecule is CNC(C)(C)c1cncn1CCOCC(F)F. The first-order valence-corrected chi connectivity index (χ1v) is 5.53. The molecule has 0 spiro atoms. The van der Waals surface area contributed by atoms with Gasteiger partial charge in [-0.1, -0.05) is 0 Å². The molecular weight excluding hydrogens is 228 g/mol. The van der Waals surface area contributed by atoms with Crippen LogP contribution in [-0.4, -0.2) is 36.2 Å². The topological polar surface area (TPSA) is 39.1 Å². The molecule has 0 amide bonds. The van der Waals surface area contributed by atoms with Crippen LogP contribution in [0.5, 0.6) is 0 Å². The van der Waals surface area contributed by atoms with Crippen LogP contribution < -0.4 is 5.32 Å². The summed E-state index contributed by atoms with van der Waals surface area (Å²) in [7, 11) is 1.87. The Kier molecular flexibility index (Phi) is 5.02. The molecule has 0 saturated heterocycles. The molecule has 98 valence electrons. The molecule has 1 heterocycles. The summed E-state index contributed by atoms with van der Waals surface area (Å²) in [4.78, 5) is 4.07. The second-order valence-electron chi connectivity index (χ2n) is 4.31. The average Bonchev–Trinajstić information content (AvgIpc) is 2.73. The number of hydrogen-bond acceptors (Lipinski definition) is 3. The summed E-state index contributed by atoms with van der Waals surface area (Å²) < 4.78 is 30.5. The van der Waals surface area contributed by atoms with Crippen LogP contribution in [0.1, 0.15) is 19.5 Å².